The van der Waals surface area contributed by atoms with Crippen LogP contribution in [0, 0.1) is 0 Å². The fourth-order valence-electron chi connectivity index (χ4n) is 1.72. The molecule has 0 atom stereocenters. The lowest BCUT2D eigenvalue weighted by molar-refractivity contribution is 0.0945. The van der Waals surface area contributed by atoms with E-state index in [1.54, 1.807) is 0 Å². The van der Waals surface area contributed by atoms with E-state index in [1.165, 1.54) is 18.6 Å². The second-order valence-corrected chi connectivity index (χ2v) is 5.63. The zero-order valence-electron chi connectivity index (χ0n) is 12.5. The van der Waals surface area contributed by atoms with Crippen molar-refractivity contribution in [2.75, 3.05) is 0 Å². The first-order valence-electron chi connectivity index (χ1n) is 6.76. The van der Waals surface area contributed by atoms with Crippen LogP contribution in [0.15, 0.2) is 42.9 Å². The van der Waals surface area contributed by atoms with Crippen LogP contribution in [0.5, 0.6) is 5.75 Å². The maximum atomic E-state index is 11.8. The Labute approximate surface area is 124 Å². The highest BCUT2D eigenvalue weighted by Gasteiger charge is 2.11. The topological polar surface area (TPSA) is 64.1 Å². The van der Waals surface area contributed by atoms with E-state index in [0.29, 0.717) is 12.2 Å². The third kappa shape index (κ3) is 4.87. The number of hydrogen-bond donors (Lipinski definition) is 1. The van der Waals surface area contributed by atoms with Crippen molar-refractivity contribution in [1.29, 1.82) is 0 Å². The molecule has 2 rings (SSSR count). The van der Waals surface area contributed by atoms with Crippen LogP contribution in [0.25, 0.3) is 0 Å². The quantitative estimate of drug-likeness (QED) is 0.937. The van der Waals surface area contributed by atoms with Crippen molar-refractivity contribution >= 4 is 5.91 Å². The number of nitrogens with one attached hydrogen (secondary N) is 1. The van der Waals surface area contributed by atoms with Gasteiger partial charge in [0.25, 0.3) is 5.91 Å². The van der Waals surface area contributed by atoms with Crippen molar-refractivity contribution in [3.63, 3.8) is 0 Å². The number of ether oxygens (including phenoxy) is 1. The van der Waals surface area contributed by atoms with Crippen LogP contribution in [0.3, 0.4) is 0 Å². The summed E-state index contributed by atoms with van der Waals surface area (Å²) in [7, 11) is 0. The number of rotatable bonds is 4. The predicted octanol–water partition coefficient (Wildman–Crippen LogP) is 2.58. The van der Waals surface area contributed by atoms with Crippen LogP contribution in [0.1, 0.15) is 36.8 Å². The molecule has 1 N–H and O–H groups in total. The average Bonchev–Trinajstić information content (AvgIpc) is 2.45. The van der Waals surface area contributed by atoms with E-state index in [9.17, 15) is 4.79 Å². The number of hydrogen-bond acceptors (Lipinski definition) is 4. The van der Waals surface area contributed by atoms with Gasteiger partial charge in [0.1, 0.15) is 17.0 Å². The zero-order chi connectivity index (χ0) is 15.3. The Morgan fingerprint density at radius 2 is 1.90 bits per heavy atom. The minimum Gasteiger partial charge on any atom is -0.488 e. The van der Waals surface area contributed by atoms with Gasteiger partial charge in [0.05, 0.1) is 6.20 Å². The number of carbonyl (C=O) groups excluding carboxylic acids is 1. The summed E-state index contributed by atoms with van der Waals surface area (Å²) in [4.78, 5) is 19.7. The highest BCUT2D eigenvalue weighted by Crippen LogP contribution is 2.18. The first kappa shape index (κ1) is 15.0. The van der Waals surface area contributed by atoms with E-state index < -0.39 is 0 Å². The Balaban J connectivity index is 1.91. The molecule has 0 aliphatic rings. The van der Waals surface area contributed by atoms with Gasteiger partial charge in [-0.25, -0.2) is 4.98 Å². The molecular weight excluding hydrogens is 266 g/mol. The molecule has 0 saturated heterocycles. The third-order valence-electron chi connectivity index (χ3n) is 2.60. The highest BCUT2D eigenvalue weighted by atomic mass is 16.5. The Morgan fingerprint density at radius 3 is 2.48 bits per heavy atom. The molecule has 5 nitrogen and oxygen atoms in total. The molecule has 0 aliphatic heterocycles. The van der Waals surface area contributed by atoms with Gasteiger partial charge in [0.15, 0.2) is 0 Å². The molecule has 1 aromatic carbocycles. The second-order valence-electron chi connectivity index (χ2n) is 5.63. The Bertz CT molecular complexity index is 589. The smallest absolute Gasteiger partial charge is 0.271 e. The minimum absolute atomic E-state index is 0.221. The Morgan fingerprint density at radius 1 is 1.19 bits per heavy atom. The summed E-state index contributed by atoms with van der Waals surface area (Å²) in [6.45, 7) is 6.44. The van der Waals surface area contributed by atoms with Crippen LogP contribution >= 0.6 is 0 Å². The fraction of sp³-hybridized carbons (Fsp3) is 0.312. The van der Waals surface area contributed by atoms with Crippen LogP contribution < -0.4 is 10.1 Å². The molecule has 0 unspecified atom stereocenters. The number of nitrogens with zero attached hydrogens (tertiary/aromatic N) is 2. The van der Waals surface area contributed by atoms with Crippen LogP contribution in [0.2, 0.25) is 0 Å². The number of benzene rings is 1. The normalized spacial score (nSPS) is 11.0. The Kier molecular flexibility index (Phi) is 4.52. The van der Waals surface area contributed by atoms with E-state index >= 15 is 0 Å². The summed E-state index contributed by atoms with van der Waals surface area (Å²) in [5, 5.41) is 2.80. The minimum atomic E-state index is -0.238. The average molecular weight is 285 g/mol. The number of amides is 1. The molecule has 2 aromatic rings. The molecule has 1 heterocycles. The van der Waals surface area contributed by atoms with Crippen molar-refractivity contribution in [2.24, 2.45) is 0 Å². The van der Waals surface area contributed by atoms with Gasteiger partial charge in [0, 0.05) is 18.9 Å². The van der Waals surface area contributed by atoms with Gasteiger partial charge < -0.3 is 10.1 Å². The van der Waals surface area contributed by atoms with E-state index in [1.807, 2.05) is 45.0 Å². The maximum absolute atomic E-state index is 11.8. The zero-order valence-corrected chi connectivity index (χ0v) is 12.5. The lowest BCUT2D eigenvalue weighted by Crippen LogP contribution is -2.24. The summed E-state index contributed by atoms with van der Waals surface area (Å²) < 4.78 is 5.75. The molecule has 21 heavy (non-hydrogen) atoms. The van der Waals surface area contributed by atoms with E-state index in [2.05, 4.69) is 15.3 Å². The van der Waals surface area contributed by atoms with Crippen molar-refractivity contribution in [2.45, 2.75) is 32.9 Å². The third-order valence-corrected chi connectivity index (χ3v) is 2.60. The van der Waals surface area contributed by atoms with Gasteiger partial charge in [0.2, 0.25) is 0 Å². The van der Waals surface area contributed by atoms with Crippen LogP contribution in [-0.4, -0.2) is 21.5 Å². The SMILES string of the molecule is CC(C)(C)Oc1ccc(CNC(=O)c2cnccn2)cc1. The summed E-state index contributed by atoms with van der Waals surface area (Å²) in [6, 6.07) is 7.65. The highest BCUT2D eigenvalue weighted by molar-refractivity contribution is 5.91. The number of aromatic nitrogens is 2. The predicted molar refractivity (Wildman–Crippen MR) is 80.0 cm³/mol. The first-order chi connectivity index (χ1) is 9.94. The molecular formula is C16H19N3O2. The van der Waals surface area contributed by atoms with Crippen LogP contribution in [0.4, 0.5) is 0 Å². The Hall–Kier alpha value is -2.43. The standard InChI is InChI=1S/C16H19N3O2/c1-16(2,3)21-13-6-4-12(5-7-13)10-19-15(20)14-11-17-8-9-18-14/h4-9,11H,10H2,1-3H3,(H,19,20). The van der Waals surface area contributed by atoms with Gasteiger partial charge in [-0.1, -0.05) is 12.1 Å². The summed E-state index contributed by atoms with van der Waals surface area (Å²) >= 11 is 0. The van der Waals surface area contributed by atoms with Gasteiger partial charge in [-0.05, 0) is 38.5 Å². The van der Waals surface area contributed by atoms with Crippen molar-refractivity contribution in [3.8, 4) is 5.75 Å². The molecule has 0 fully saturated rings. The number of carbonyl (C=O) groups is 1. The lowest BCUT2D eigenvalue weighted by atomic mass is 10.1. The van der Waals surface area contributed by atoms with Gasteiger partial charge in [-0.2, -0.15) is 0 Å². The van der Waals surface area contributed by atoms with Crippen molar-refractivity contribution in [3.05, 3.63) is 54.1 Å². The van der Waals surface area contributed by atoms with E-state index in [4.69, 9.17) is 4.74 Å². The van der Waals surface area contributed by atoms with Gasteiger partial charge >= 0.3 is 0 Å². The molecule has 5 heteroatoms. The molecule has 0 aliphatic carbocycles. The van der Waals surface area contributed by atoms with E-state index in [-0.39, 0.29) is 11.5 Å². The molecule has 110 valence electrons. The van der Waals surface area contributed by atoms with Crippen molar-refractivity contribution in [1.82, 2.24) is 15.3 Å². The van der Waals surface area contributed by atoms with Crippen molar-refractivity contribution < 1.29 is 9.53 Å². The monoisotopic (exact) mass is 285 g/mol. The van der Waals surface area contributed by atoms with Gasteiger partial charge in [-0.3, -0.25) is 9.78 Å². The molecule has 0 bridgehead atoms. The second kappa shape index (κ2) is 6.35. The lowest BCUT2D eigenvalue weighted by Gasteiger charge is -2.21. The maximum Gasteiger partial charge on any atom is 0.271 e. The molecule has 0 spiro atoms. The van der Waals surface area contributed by atoms with Crippen LogP contribution in [-0.2, 0) is 6.54 Å². The molecule has 0 saturated carbocycles. The summed E-state index contributed by atoms with van der Waals surface area (Å²) in [6.07, 6.45) is 4.47. The molecule has 0 radical (unpaired) electrons. The summed E-state index contributed by atoms with van der Waals surface area (Å²) in [5.74, 6) is 0.574. The van der Waals surface area contributed by atoms with E-state index in [0.717, 1.165) is 11.3 Å². The fourth-order valence-corrected chi connectivity index (χ4v) is 1.72. The first-order valence-corrected chi connectivity index (χ1v) is 6.76. The largest absolute Gasteiger partial charge is 0.488 e. The van der Waals surface area contributed by atoms with Gasteiger partial charge in [-0.15, -0.1) is 0 Å². The molecule has 1 amide bonds. The summed E-state index contributed by atoms with van der Waals surface area (Å²) in [5.41, 5.74) is 1.08. The molecule has 1 aromatic heterocycles.